The number of hydrogen-bond donors (Lipinski definition) is 3. The molecule has 3 heterocycles. The first-order chi connectivity index (χ1) is 20.9. The number of anilines is 1. The number of carboxylic acids is 1. The van der Waals surface area contributed by atoms with Gasteiger partial charge in [0.15, 0.2) is 0 Å². The van der Waals surface area contributed by atoms with Gasteiger partial charge in [-0.15, -0.1) is 0 Å². The van der Waals surface area contributed by atoms with E-state index in [2.05, 4.69) is 10.6 Å². The molecule has 0 unspecified atom stereocenters. The van der Waals surface area contributed by atoms with Gasteiger partial charge in [0.05, 0.1) is 12.2 Å². The van der Waals surface area contributed by atoms with E-state index in [-0.39, 0.29) is 25.3 Å². The molecule has 44 heavy (non-hydrogen) atoms. The number of amides is 4. The van der Waals surface area contributed by atoms with Gasteiger partial charge in [0.1, 0.15) is 29.3 Å². The minimum Gasteiger partial charge on any atom is -0.479 e. The number of nitrogens with zero attached hydrogens (tertiary/aromatic N) is 2. The lowest BCUT2D eigenvalue weighted by molar-refractivity contribution is -0.145. The van der Waals surface area contributed by atoms with E-state index in [1.807, 2.05) is 36.4 Å². The van der Waals surface area contributed by atoms with Gasteiger partial charge in [0.2, 0.25) is 11.8 Å². The number of para-hydroxylation sites is 1. The maximum absolute atomic E-state index is 14.1. The predicted octanol–water partition coefficient (Wildman–Crippen LogP) is 3.53. The summed E-state index contributed by atoms with van der Waals surface area (Å²) in [4.78, 5) is 69.0. The molecule has 0 spiro atoms. The molecule has 0 radical (unpaired) electrons. The van der Waals surface area contributed by atoms with Gasteiger partial charge >= 0.3 is 18.2 Å². The maximum atomic E-state index is 14.1. The summed E-state index contributed by atoms with van der Waals surface area (Å²) in [5.74, 6) is -2.63. The molecular formula is C32H42N4O8. The van der Waals surface area contributed by atoms with E-state index in [1.165, 1.54) is 4.90 Å². The fraction of sp³-hybridized carbons (Fsp3) is 0.594. The van der Waals surface area contributed by atoms with E-state index >= 15 is 0 Å². The highest BCUT2D eigenvalue weighted by Gasteiger charge is 2.61. The van der Waals surface area contributed by atoms with Crippen LogP contribution in [0.15, 0.2) is 36.4 Å². The summed E-state index contributed by atoms with van der Waals surface area (Å²) in [6.07, 6.45) is 5.90. The van der Waals surface area contributed by atoms with Gasteiger partial charge in [0.25, 0.3) is 0 Å². The number of alkyl carbamates (subject to hydrolysis) is 1. The molecule has 0 bridgehead atoms. The van der Waals surface area contributed by atoms with Crippen molar-refractivity contribution in [2.45, 2.75) is 101 Å². The molecule has 12 heteroatoms. The fourth-order valence-corrected chi connectivity index (χ4v) is 6.33. The second-order valence-corrected chi connectivity index (χ2v) is 13.1. The Labute approximate surface area is 257 Å². The zero-order valence-corrected chi connectivity index (χ0v) is 25.5. The summed E-state index contributed by atoms with van der Waals surface area (Å²) in [5.41, 5.74) is -0.447. The third-order valence-electron chi connectivity index (χ3n) is 8.69. The highest BCUT2D eigenvalue weighted by molar-refractivity contribution is 5.96. The van der Waals surface area contributed by atoms with E-state index in [0.717, 1.165) is 30.5 Å². The molecule has 12 nitrogen and oxygen atoms in total. The molecule has 238 valence electrons. The van der Waals surface area contributed by atoms with Crippen LogP contribution in [0.25, 0.3) is 0 Å². The summed E-state index contributed by atoms with van der Waals surface area (Å²) in [5, 5.41) is 15.4. The summed E-state index contributed by atoms with van der Waals surface area (Å²) in [6, 6.07) is 5.47. The minimum absolute atomic E-state index is 0.00579. The van der Waals surface area contributed by atoms with Gasteiger partial charge < -0.3 is 30.1 Å². The molecule has 3 aliphatic heterocycles. The molecule has 4 aliphatic rings. The Morgan fingerprint density at radius 1 is 1.11 bits per heavy atom. The van der Waals surface area contributed by atoms with Crippen LogP contribution in [0.2, 0.25) is 0 Å². The normalized spacial score (nSPS) is 28.9. The first kappa shape index (κ1) is 31.3. The van der Waals surface area contributed by atoms with E-state index in [0.29, 0.717) is 25.8 Å². The van der Waals surface area contributed by atoms with Crippen LogP contribution in [-0.2, 0) is 30.3 Å². The van der Waals surface area contributed by atoms with Gasteiger partial charge in [-0.3, -0.25) is 14.5 Å². The zero-order chi connectivity index (χ0) is 31.6. The second kappa shape index (κ2) is 12.5. The zero-order valence-electron chi connectivity index (χ0n) is 25.5. The van der Waals surface area contributed by atoms with Crippen LogP contribution in [0.5, 0.6) is 0 Å². The van der Waals surface area contributed by atoms with Crippen LogP contribution < -0.4 is 15.5 Å². The van der Waals surface area contributed by atoms with Crippen molar-refractivity contribution in [3.63, 3.8) is 0 Å². The molecule has 5 atom stereocenters. The molecule has 3 N–H and O–H groups in total. The first-order valence-electron chi connectivity index (χ1n) is 15.5. The molecule has 1 aromatic rings. The SMILES string of the molecule is CC(C)(C)OC(=O)N[C@H]1CCCCCC=C[C@@H]2C[C@@]2(C(=O)O)NC(=O)[C@@H]2C[C@@H](OC(=O)N3CCc4ccccc43)CN2C1=O. The maximum Gasteiger partial charge on any atom is 0.414 e. The second-order valence-electron chi connectivity index (χ2n) is 13.1. The third kappa shape index (κ3) is 6.84. The number of nitrogens with one attached hydrogen (secondary N) is 2. The van der Waals surface area contributed by atoms with E-state index in [1.54, 1.807) is 25.7 Å². The Kier molecular flexibility index (Phi) is 8.90. The molecule has 0 aromatic heterocycles. The Balaban J connectivity index is 1.39. The standard InChI is InChI=1S/C32H42N4O8/c1-31(2,3)44-29(41)33-23-13-8-6-4-5-7-12-21-18-32(21,28(39)40)34-26(37)25-17-22(19-36(25)27(23)38)43-30(42)35-16-15-20-11-9-10-14-24(20)35/h7,9-12,14,21-23,25H,4-6,8,13,15-19H2,1-3H3,(H,33,41)(H,34,37)(H,39,40)/t21-,22-,23+,25+,32-/m1/s1. The molecule has 5 rings (SSSR count). The number of aliphatic carboxylic acids is 1. The van der Waals surface area contributed by atoms with Crippen molar-refractivity contribution < 1.29 is 38.6 Å². The largest absolute Gasteiger partial charge is 0.479 e. The topological polar surface area (TPSA) is 155 Å². The number of fused-ring (bicyclic) bond motifs is 3. The Morgan fingerprint density at radius 2 is 1.89 bits per heavy atom. The van der Waals surface area contributed by atoms with Crippen molar-refractivity contribution in [2.75, 3.05) is 18.0 Å². The molecule has 1 saturated carbocycles. The quantitative estimate of drug-likeness (QED) is 0.439. The number of ether oxygens (including phenoxy) is 2. The predicted molar refractivity (Wildman–Crippen MR) is 160 cm³/mol. The minimum atomic E-state index is -1.45. The number of rotatable bonds is 3. The van der Waals surface area contributed by atoms with Gasteiger partial charge in [-0.1, -0.05) is 43.2 Å². The lowest BCUT2D eigenvalue weighted by Crippen LogP contribution is -2.56. The third-order valence-corrected chi connectivity index (χ3v) is 8.69. The van der Waals surface area contributed by atoms with Gasteiger partial charge in [-0.2, -0.15) is 0 Å². The lowest BCUT2D eigenvalue weighted by atomic mass is 10.0. The van der Waals surface area contributed by atoms with Gasteiger partial charge in [-0.25, -0.2) is 14.4 Å². The molecular weight excluding hydrogens is 568 g/mol. The van der Waals surface area contributed by atoms with Crippen LogP contribution >= 0.6 is 0 Å². The summed E-state index contributed by atoms with van der Waals surface area (Å²) in [6.45, 7) is 5.55. The van der Waals surface area contributed by atoms with Crippen molar-refractivity contribution in [3.05, 3.63) is 42.0 Å². The monoisotopic (exact) mass is 610 g/mol. The van der Waals surface area contributed by atoms with Crippen molar-refractivity contribution >= 4 is 35.7 Å². The van der Waals surface area contributed by atoms with Crippen molar-refractivity contribution in [3.8, 4) is 0 Å². The van der Waals surface area contributed by atoms with E-state index < -0.39 is 59.3 Å². The average Bonchev–Trinajstić information content (AvgIpc) is 3.27. The Hall–Kier alpha value is -4.09. The van der Waals surface area contributed by atoms with Crippen LogP contribution in [-0.4, -0.2) is 82.4 Å². The van der Waals surface area contributed by atoms with Crippen molar-refractivity contribution in [1.82, 2.24) is 15.5 Å². The van der Waals surface area contributed by atoms with Gasteiger partial charge in [-0.05, 0) is 64.5 Å². The van der Waals surface area contributed by atoms with Gasteiger partial charge in [0, 0.05) is 18.9 Å². The highest BCUT2D eigenvalue weighted by Crippen LogP contribution is 2.45. The molecule has 1 aliphatic carbocycles. The number of hydrogen-bond acceptors (Lipinski definition) is 7. The van der Waals surface area contributed by atoms with Crippen LogP contribution in [0, 0.1) is 5.92 Å². The average molecular weight is 611 g/mol. The Bertz CT molecular complexity index is 1340. The summed E-state index contributed by atoms with van der Waals surface area (Å²) >= 11 is 0. The molecule has 1 saturated heterocycles. The number of carbonyl (C=O) groups is 5. The number of carbonyl (C=O) groups excluding carboxylic acids is 4. The van der Waals surface area contributed by atoms with E-state index in [4.69, 9.17) is 9.47 Å². The molecule has 1 aromatic carbocycles. The summed E-state index contributed by atoms with van der Waals surface area (Å²) < 4.78 is 11.3. The number of allylic oxidation sites excluding steroid dienone is 1. The smallest absolute Gasteiger partial charge is 0.414 e. The number of benzene rings is 1. The van der Waals surface area contributed by atoms with E-state index in [9.17, 15) is 29.1 Å². The Morgan fingerprint density at radius 3 is 2.64 bits per heavy atom. The fourth-order valence-electron chi connectivity index (χ4n) is 6.33. The van der Waals surface area contributed by atoms with Crippen molar-refractivity contribution in [2.24, 2.45) is 5.92 Å². The number of carboxylic acid groups (broad SMARTS) is 1. The van der Waals surface area contributed by atoms with Crippen LogP contribution in [0.3, 0.4) is 0 Å². The van der Waals surface area contributed by atoms with Crippen LogP contribution in [0.4, 0.5) is 15.3 Å². The molecule has 4 amide bonds. The van der Waals surface area contributed by atoms with Crippen LogP contribution in [0.1, 0.15) is 71.3 Å². The van der Waals surface area contributed by atoms with Crippen molar-refractivity contribution in [1.29, 1.82) is 0 Å². The highest BCUT2D eigenvalue weighted by atomic mass is 16.6. The lowest BCUT2D eigenvalue weighted by Gasteiger charge is -2.30. The molecule has 2 fully saturated rings. The summed E-state index contributed by atoms with van der Waals surface area (Å²) in [7, 11) is 0. The first-order valence-corrected chi connectivity index (χ1v) is 15.5.